The molecular weight excluding hydrogens is 290 g/mol. The Morgan fingerprint density at radius 1 is 1.17 bits per heavy atom. The summed E-state index contributed by atoms with van der Waals surface area (Å²) in [6.45, 7) is 2.30. The maximum Gasteiger partial charge on any atom is 0.244 e. The molecule has 1 aliphatic rings. The molecule has 1 unspecified atom stereocenters. The summed E-state index contributed by atoms with van der Waals surface area (Å²) in [6, 6.07) is 15.6. The minimum atomic E-state index is -0.113. The van der Waals surface area contributed by atoms with Crippen molar-refractivity contribution in [3.05, 3.63) is 65.7 Å². The highest BCUT2D eigenvalue weighted by atomic mass is 16.7. The van der Waals surface area contributed by atoms with Crippen molar-refractivity contribution in [3.8, 4) is 11.5 Å². The summed E-state index contributed by atoms with van der Waals surface area (Å²) in [4.78, 5) is 12.1. The predicted octanol–water partition coefficient (Wildman–Crippen LogP) is 3.70. The summed E-state index contributed by atoms with van der Waals surface area (Å²) in [6.07, 6.45) is 4.16. The molecule has 23 heavy (non-hydrogen) atoms. The molecule has 1 N–H and O–H groups in total. The van der Waals surface area contributed by atoms with Crippen LogP contribution in [-0.4, -0.2) is 12.7 Å². The molecule has 0 saturated heterocycles. The van der Waals surface area contributed by atoms with Gasteiger partial charge in [-0.1, -0.05) is 43.3 Å². The predicted molar refractivity (Wildman–Crippen MR) is 89.2 cm³/mol. The van der Waals surface area contributed by atoms with Gasteiger partial charge in [-0.05, 0) is 35.8 Å². The average Bonchev–Trinajstić information content (AvgIpc) is 3.06. The molecule has 0 aromatic heterocycles. The van der Waals surface area contributed by atoms with Gasteiger partial charge >= 0.3 is 0 Å². The van der Waals surface area contributed by atoms with Crippen molar-refractivity contribution in [1.82, 2.24) is 5.32 Å². The monoisotopic (exact) mass is 309 g/mol. The minimum absolute atomic E-state index is 0.0186. The van der Waals surface area contributed by atoms with Crippen LogP contribution in [0.15, 0.2) is 54.6 Å². The van der Waals surface area contributed by atoms with Gasteiger partial charge in [-0.15, -0.1) is 0 Å². The maximum atomic E-state index is 12.1. The van der Waals surface area contributed by atoms with E-state index in [-0.39, 0.29) is 18.7 Å². The molecule has 0 aliphatic carbocycles. The molecule has 0 bridgehead atoms. The lowest BCUT2D eigenvalue weighted by molar-refractivity contribution is -0.117. The number of amides is 1. The van der Waals surface area contributed by atoms with Crippen molar-refractivity contribution in [2.24, 2.45) is 0 Å². The van der Waals surface area contributed by atoms with E-state index in [1.807, 2.05) is 48.5 Å². The number of fused-ring (bicyclic) bond motifs is 1. The molecule has 3 rings (SSSR count). The van der Waals surface area contributed by atoms with E-state index in [0.29, 0.717) is 5.75 Å². The Labute approximate surface area is 135 Å². The fourth-order valence-corrected chi connectivity index (χ4v) is 2.51. The van der Waals surface area contributed by atoms with Crippen LogP contribution in [0.25, 0.3) is 6.08 Å². The van der Waals surface area contributed by atoms with Crippen LogP contribution in [0.1, 0.15) is 30.5 Å². The third kappa shape index (κ3) is 3.72. The van der Waals surface area contributed by atoms with Gasteiger partial charge in [0.2, 0.25) is 12.7 Å². The van der Waals surface area contributed by atoms with Gasteiger partial charge in [-0.2, -0.15) is 0 Å². The van der Waals surface area contributed by atoms with Crippen LogP contribution in [0, 0.1) is 0 Å². The van der Waals surface area contributed by atoms with Crippen LogP contribution in [0.4, 0.5) is 0 Å². The Hall–Kier alpha value is -2.75. The third-order valence-corrected chi connectivity index (χ3v) is 3.75. The highest BCUT2D eigenvalue weighted by Gasteiger charge is 2.13. The van der Waals surface area contributed by atoms with E-state index in [9.17, 15) is 4.79 Å². The summed E-state index contributed by atoms with van der Waals surface area (Å²) >= 11 is 0. The minimum Gasteiger partial charge on any atom is -0.454 e. The standard InChI is InChI=1S/C19H19NO3/c1-2-16(15-6-4-3-5-7-15)20-19(21)11-9-14-8-10-17-18(12-14)23-13-22-17/h3-12,16H,2,13H2,1H3,(H,20,21)/b11-9+. The van der Waals surface area contributed by atoms with Gasteiger partial charge < -0.3 is 14.8 Å². The van der Waals surface area contributed by atoms with E-state index in [0.717, 1.165) is 23.3 Å². The van der Waals surface area contributed by atoms with Crippen LogP contribution in [0.5, 0.6) is 11.5 Å². The molecule has 1 heterocycles. The Kier molecular flexibility index (Phi) is 4.62. The molecule has 2 aromatic rings. The molecule has 0 spiro atoms. The first-order valence-corrected chi connectivity index (χ1v) is 7.69. The summed E-state index contributed by atoms with van der Waals surface area (Å²) < 4.78 is 10.6. The van der Waals surface area contributed by atoms with Gasteiger partial charge in [0.1, 0.15) is 0 Å². The summed E-state index contributed by atoms with van der Waals surface area (Å²) in [7, 11) is 0. The Morgan fingerprint density at radius 2 is 1.96 bits per heavy atom. The lowest BCUT2D eigenvalue weighted by Crippen LogP contribution is -2.26. The molecular formula is C19H19NO3. The molecule has 118 valence electrons. The molecule has 0 saturated carbocycles. The topological polar surface area (TPSA) is 47.6 Å². The number of benzene rings is 2. The van der Waals surface area contributed by atoms with E-state index in [2.05, 4.69) is 12.2 Å². The van der Waals surface area contributed by atoms with Crippen molar-refractivity contribution in [1.29, 1.82) is 0 Å². The molecule has 1 atom stereocenters. The quantitative estimate of drug-likeness (QED) is 0.857. The highest BCUT2D eigenvalue weighted by molar-refractivity contribution is 5.92. The zero-order valence-electron chi connectivity index (χ0n) is 13.0. The first-order valence-electron chi connectivity index (χ1n) is 7.69. The Morgan fingerprint density at radius 3 is 2.74 bits per heavy atom. The molecule has 4 heteroatoms. The summed E-state index contributed by atoms with van der Waals surface area (Å²) in [5, 5.41) is 3.02. The van der Waals surface area contributed by atoms with E-state index in [4.69, 9.17) is 9.47 Å². The first kappa shape index (κ1) is 15.2. The van der Waals surface area contributed by atoms with Gasteiger partial charge in [0.15, 0.2) is 11.5 Å². The molecule has 2 aromatic carbocycles. The SMILES string of the molecule is CCC(NC(=O)/C=C/c1ccc2c(c1)OCO2)c1ccccc1. The van der Waals surface area contributed by atoms with Crippen molar-refractivity contribution in [2.75, 3.05) is 6.79 Å². The second-order valence-electron chi connectivity index (χ2n) is 5.33. The second kappa shape index (κ2) is 7.01. The van der Waals surface area contributed by atoms with Crippen molar-refractivity contribution < 1.29 is 14.3 Å². The Bertz CT molecular complexity index is 710. The number of nitrogens with one attached hydrogen (secondary N) is 1. The van der Waals surface area contributed by atoms with E-state index >= 15 is 0 Å². The maximum absolute atomic E-state index is 12.1. The van der Waals surface area contributed by atoms with Gasteiger partial charge in [-0.3, -0.25) is 4.79 Å². The normalized spacial score (nSPS) is 14.0. The number of carbonyl (C=O) groups is 1. The van der Waals surface area contributed by atoms with Gasteiger partial charge in [0.25, 0.3) is 0 Å². The zero-order chi connectivity index (χ0) is 16.1. The third-order valence-electron chi connectivity index (χ3n) is 3.75. The van der Waals surface area contributed by atoms with E-state index < -0.39 is 0 Å². The number of ether oxygens (including phenoxy) is 2. The average molecular weight is 309 g/mol. The fourth-order valence-electron chi connectivity index (χ4n) is 2.51. The van der Waals surface area contributed by atoms with Crippen molar-refractivity contribution >= 4 is 12.0 Å². The molecule has 1 aliphatic heterocycles. The largest absolute Gasteiger partial charge is 0.454 e. The zero-order valence-corrected chi connectivity index (χ0v) is 13.0. The fraction of sp³-hybridized carbons (Fsp3) is 0.211. The smallest absolute Gasteiger partial charge is 0.244 e. The molecule has 0 radical (unpaired) electrons. The Balaban J connectivity index is 1.64. The van der Waals surface area contributed by atoms with Crippen LogP contribution in [-0.2, 0) is 4.79 Å². The van der Waals surface area contributed by atoms with Crippen LogP contribution in [0.2, 0.25) is 0 Å². The van der Waals surface area contributed by atoms with Gasteiger partial charge in [-0.25, -0.2) is 0 Å². The lowest BCUT2D eigenvalue weighted by Gasteiger charge is -2.16. The molecule has 1 amide bonds. The summed E-state index contributed by atoms with van der Waals surface area (Å²) in [5.41, 5.74) is 2.01. The number of hydrogen-bond donors (Lipinski definition) is 1. The van der Waals surface area contributed by atoms with Crippen molar-refractivity contribution in [2.45, 2.75) is 19.4 Å². The van der Waals surface area contributed by atoms with Gasteiger partial charge in [0, 0.05) is 6.08 Å². The van der Waals surface area contributed by atoms with Crippen LogP contribution < -0.4 is 14.8 Å². The van der Waals surface area contributed by atoms with Crippen LogP contribution >= 0.6 is 0 Å². The lowest BCUT2D eigenvalue weighted by atomic mass is 10.0. The number of rotatable bonds is 5. The molecule has 4 nitrogen and oxygen atoms in total. The van der Waals surface area contributed by atoms with Gasteiger partial charge in [0.05, 0.1) is 6.04 Å². The van der Waals surface area contributed by atoms with Crippen molar-refractivity contribution in [3.63, 3.8) is 0 Å². The number of carbonyl (C=O) groups excluding carboxylic acids is 1. The first-order chi connectivity index (χ1) is 11.3. The highest BCUT2D eigenvalue weighted by Crippen LogP contribution is 2.32. The molecule has 0 fully saturated rings. The number of hydrogen-bond acceptors (Lipinski definition) is 3. The summed E-state index contributed by atoms with van der Waals surface area (Å²) in [5.74, 6) is 1.34. The second-order valence-corrected chi connectivity index (χ2v) is 5.33. The van der Waals surface area contributed by atoms with Crippen LogP contribution in [0.3, 0.4) is 0 Å². The van der Waals surface area contributed by atoms with E-state index in [1.54, 1.807) is 12.2 Å². The van der Waals surface area contributed by atoms with E-state index in [1.165, 1.54) is 0 Å².